The topological polar surface area (TPSA) is 38.7 Å². The van der Waals surface area contributed by atoms with Gasteiger partial charge in [0.25, 0.3) is 0 Å². The molecule has 0 fully saturated rings. The summed E-state index contributed by atoms with van der Waals surface area (Å²) in [7, 11) is 1.49. The van der Waals surface area contributed by atoms with E-state index in [1.807, 2.05) is 6.92 Å². The molecule has 0 radical (unpaired) electrons. The Balaban J connectivity index is 3.24. The third-order valence-electron chi connectivity index (χ3n) is 1.26. The van der Waals surface area contributed by atoms with Crippen LogP contribution in [0.3, 0.4) is 0 Å². The van der Waals surface area contributed by atoms with Crippen LogP contribution in [-0.4, -0.2) is 19.1 Å². The Labute approximate surface area is 67.4 Å². The number of Topliss-reactive ketones (excluding diaryl/α,β-unsaturated/α-hetero) is 1. The SMILES string of the molecule is CCCC(=O)CCC=NOC. The van der Waals surface area contributed by atoms with Crippen LogP contribution in [0.15, 0.2) is 5.16 Å². The van der Waals surface area contributed by atoms with Gasteiger partial charge in [0, 0.05) is 19.1 Å². The van der Waals surface area contributed by atoms with Crippen molar-refractivity contribution < 1.29 is 9.63 Å². The second kappa shape index (κ2) is 7.25. The number of carbonyl (C=O) groups excluding carboxylic acids is 1. The van der Waals surface area contributed by atoms with E-state index >= 15 is 0 Å². The van der Waals surface area contributed by atoms with Crippen molar-refractivity contribution in [3.05, 3.63) is 0 Å². The first-order chi connectivity index (χ1) is 5.31. The lowest BCUT2D eigenvalue weighted by atomic mass is 10.1. The minimum atomic E-state index is 0.301. The molecule has 0 N–H and O–H groups in total. The van der Waals surface area contributed by atoms with Crippen LogP contribution in [0, 0.1) is 0 Å². The standard InChI is InChI=1S/C8H15NO2/c1-3-5-8(10)6-4-7-9-11-2/h7H,3-6H2,1-2H3. The first-order valence-corrected chi connectivity index (χ1v) is 3.88. The van der Waals surface area contributed by atoms with E-state index in [0.717, 1.165) is 6.42 Å². The highest BCUT2D eigenvalue weighted by atomic mass is 16.6. The maximum Gasteiger partial charge on any atom is 0.133 e. The molecule has 3 heteroatoms. The van der Waals surface area contributed by atoms with Gasteiger partial charge in [-0.3, -0.25) is 4.79 Å². The van der Waals surface area contributed by atoms with Gasteiger partial charge in [0.1, 0.15) is 12.9 Å². The summed E-state index contributed by atoms with van der Waals surface area (Å²) in [6, 6.07) is 0. The van der Waals surface area contributed by atoms with Crippen molar-refractivity contribution in [2.24, 2.45) is 5.16 Å². The molecule has 0 aromatic rings. The predicted molar refractivity (Wildman–Crippen MR) is 44.7 cm³/mol. The monoisotopic (exact) mass is 157 g/mol. The molecule has 0 saturated carbocycles. The van der Waals surface area contributed by atoms with Crippen molar-refractivity contribution in [2.75, 3.05) is 7.11 Å². The highest BCUT2D eigenvalue weighted by Gasteiger charge is 1.96. The van der Waals surface area contributed by atoms with E-state index in [2.05, 4.69) is 9.99 Å². The summed E-state index contributed by atoms with van der Waals surface area (Å²) in [5.41, 5.74) is 0. The Kier molecular flexibility index (Phi) is 6.68. The molecule has 0 aromatic heterocycles. The van der Waals surface area contributed by atoms with Crippen LogP contribution in [0.5, 0.6) is 0 Å². The van der Waals surface area contributed by atoms with E-state index in [9.17, 15) is 4.79 Å². The fraction of sp³-hybridized carbons (Fsp3) is 0.750. The second-order valence-corrected chi connectivity index (χ2v) is 2.30. The van der Waals surface area contributed by atoms with Crippen LogP contribution < -0.4 is 0 Å². The number of hydrogen-bond donors (Lipinski definition) is 0. The van der Waals surface area contributed by atoms with Crippen molar-refractivity contribution >= 4 is 12.0 Å². The molecule has 0 amide bonds. The van der Waals surface area contributed by atoms with Crippen LogP contribution in [0.25, 0.3) is 0 Å². The lowest BCUT2D eigenvalue weighted by Gasteiger charge is -1.92. The van der Waals surface area contributed by atoms with Crippen LogP contribution in [0.4, 0.5) is 0 Å². The number of carbonyl (C=O) groups is 1. The summed E-state index contributed by atoms with van der Waals surface area (Å²) in [6.45, 7) is 2.00. The first-order valence-electron chi connectivity index (χ1n) is 3.88. The molecule has 0 rings (SSSR count). The van der Waals surface area contributed by atoms with Crippen molar-refractivity contribution in [3.8, 4) is 0 Å². The Morgan fingerprint density at radius 2 is 2.27 bits per heavy atom. The van der Waals surface area contributed by atoms with Gasteiger partial charge in [0.05, 0.1) is 0 Å². The van der Waals surface area contributed by atoms with Crippen molar-refractivity contribution in [1.29, 1.82) is 0 Å². The van der Waals surface area contributed by atoms with Crippen LogP contribution >= 0.6 is 0 Å². The number of oxime groups is 1. The van der Waals surface area contributed by atoms with Gasteiger partial charge in [-0.15, -0.1) is 0 Å². The van der Waals surface area contributed by atoms with E-state index in [4.69, 9.17) is 0 Å². The molecule has 0 unspecified atom stereocenters. The zero-order valence-electron chi connectivity index (χ0n) is 7.17. The van der Waals surface area contributed by atoms with E-state index < -0.39 is 0 Å². The molecule has 0 heterocycles. The van der Waals surface area contributed by atoms with E-state index in [0.29, 0.717) is 25.0 Å². The van der Waals surface area contributed by atoms with Crippen LogP contribution in [-0.2, 0) is 9.63 Å². The largest absolute Gasteiger partial charge is 0.399 e. The van der Waals surface area contributed by atoms with Gasteiger partial charge in [0.2, 0.25) is 0 Å². The number of ketones is 1. The molecule has 0 aromatic carbocycles. The van der Waals surface area contributed by atoms with E-state index in [1.165, 1.54) is 7.11 Å². The van der Waals surface area contributed by atoms with Gasteiger partial charge < -0.3 is 4.84 Å². The normalized spacial score (nSPS) is 10.4. The lowest BCUT2D eigenvalue weighted by molar-refractivity contribution is -0.118. The van der Waals surface area contributed by atoms with E-state index in [1.54, 1.807) is 6.21 Å². The van der Waals surface area contributed by atoms with E-state index in [-0.39, 0.29) is 0 Å². The minimum Gasteiger partial charge on any atom is -0.399 e. The quantitative estimate of drug-likeness (QED) is 0.435. The summed E-state index contributed by atoms with van der Waals surface area (Å²) < 4.78 is 0. The maximum absolute atomic E-state index is 10.9. The van der Waals surface area contributed by atoms with Crippen molar-refractivity contribution in [2.45, 2.75) is 32.6 Å². The number of rotatable bonds is 6. The Hall–Kier alpha value is -0.860. The molecule has 0 aliphatic rings. The molecule has 0 bridgehead atoms. The van der Waals surface area contributed by atoms with Gasteiger partial charge in [-0.1, -0.05) is 12.1 Å². The van der Waals surface area contributed by atoms with Crippen molar-refractivity contribution in [1.82, 2.24) is 0 Å². The summed E-state index contributed by atoms with van der Waals surface area (Å²) >= 11 is 0. The number of hydrogen-bond acceptors (Lipinski definition) is 3. The predicted octanol–water partition coefficient (Wildman–Crippen LogP) is 1.77. The molecule has 0 saturated heterocycles. The lowest BCUT2D eigenvalue weighted by Crippen LogP contribution is -1.96. The molecule has 64 valence electrons. The molecule has 0 aliphatic carbocycles. The van der Waals surface area contributed by atoms with Gasteiger partial charge >= 0.3 is 0 Å². The average molecular weight is 157 g/mol. The number of nitrogens with zero attached hydrogens (tertiary/aromatic N) is 1. The van der Waals surface area contributed by atoms with Gasteiger partial charge in [-0.25, -0.2) is 0 Å². The highest BCUT2D eigenvalue weighted by Crippen LogP contribution is 1.96. The Bertz CT molecular complexity index is 132. The van der Waals surface area contributed by atoms with Gasteiger partial charge in [-0.05, 0) is 12.8 Å². The third kappa shape index (κ3) is 7.03. The fourth-order valence-corrected chi connectivity index (χ4v) is 0.757. The highest BCUT2D eigenvalue weighted by molar-refractivity contribution is 5.80. The maximum atomic E-state index is 10.9. The fourth-order valence-electron chi connectivity index (χ4n) is 0.757. The molecular formula is C8H15NO2. The van der Waals surface area contributed by atoms with Crippen LogP contribution in [0.1, 0.15) is 32.6 Å². The Morgan fingerprint density at radius 3 is 2.82 bits per heavy atom. The molecule has 0 atom stereocenters. The second-order valence-electron chi connectivity index (χ2n) is 2.30. The molecule has 3 nitrogen and oxygen atoms in total. The third-order valence-corrected chi connectivity index (χ3v) is 1.26. The zero-order chi connectivity index (χ0) is 8.53. The van der Waals surface area contributed by atoms with Crippen LogP contribution in [0.2, 0.25) is 0 Å². The molecule has 0 aliphatic heterocycles. The Morgan fingerprint density at radius 1 is 1.55 bits per heavy atom. The first kappa shape index (κ1) is 10.1. The van der Waals surface area contributed by atoms with Gasteiger partial charge in [0.15, 0.2) is 0 Å². The van der Waals surface area contributed by atoms with Gasteiger partial charge in [-0.2, -0.15) is 0 Å². The summed E-state index contributed by atoms with van der Waals surface area (Å²) in [5, 5.41) is 3.53. The summed E-state index contributed by atoms with van der Waals surface area (Å²) in [4.78, 5) is 15.3. The van der Waals surface area contributed by atoms with Crippen molar-refractivity contribution in [3.63, 3.8) is 0 Å². The molecule has 0 spiro atoms. The molecule has 11 heavy (non-hydrogen) atoms. The molecular weight excluding hydrogens is 142 g/mol. The minimum absolute atomic E-state index is 0.301. The smallest absolute Gasteiger partial charge is 0.133 e. The summed E-state index contributed by atoms with van der Waals surface area (Å²) in [5.74, 6) is 0.301. The summed E-state index contributed by atoms with van der Waals surface area (Å²) in [6.07, 6.45) is 4.50. The zero-order valence-corrected chi connectivity index (χ0v) is 7.17. The average Bonchev–Trinajstić information content (AvgIpc) is 1.99.